The Morgan fingerprint density at radius 1 is 1.31 bits per heavy atom. The molecule has 1 saturated heterocycles. The van der Waals surface area contributed by atoms with Gasteiger partial charge in [-0.3, -0.25) is 4.79 Å². The van der Waals surface area contributed by atoms with E-state index >= 15 is 0 Å². The van der Waals surface area contributed by atoms with E-state index in [1.807, 2.05) is 6.07 Å². The molecule has 1 aromatic heterocycles. The SMILES string of the molecule is CC(=O)Nc1ccc(S(=O)(=O)N2CCC(Oc3ncccc3Br)C2)cc1. The minimum Gasteiger partial charge on any atom is -0.472 e. The fourth-order valence-electron chi connectivity index (χ4n) is 2.69. The first-order valence-electron chi connectivity index (χ1n) is 8.01. The van der Waals surface area contributed by atoms with Gasteiger partial charge in [-0.25, -0.2) is 13.4 Å². The van der Waals surface area contributed by atoms with Gasteiger partial charge < -0.3 is 10.1 Å². The van der Waals surface area contributed by atoms with Gasteiger partial charge in [-0.15, -0.1) is 0 Å². The second-order valence-corrected chi connectivity index (χ2v) is 8.68. The van der Waals surface area contributed by atoms with Crippen LogP contribution in [0.4, 0.5) is 5.69 Å². The number of anilines is 1. The van der Waals surface area contributed by atoms with Crippen LogP contribution in [0, 0.1) is 0 Å². The molecule has 1 amide bonds. The number of nitrogens with zero attached hydrogens (tertiary/aromatic N) is 2. The average molecular weight is 440 g/mol. The summed E-state index contributed by atoms with van der Waals surface area (Å²) in [6.07, 6.45) is 1.96. The minimum atomic E-state index is -3.61. The van der Waals surface area contributed by atoms with E-state index in [1.165, 1.54) is 23.4 Å². The van der Waals surface area contributed by atoms with Crippen molar-refractivity contribution in [1.29, 1.82) is 0 Å². The number of amides is 1. The number of aromatic nitrogens is 1. The molecule has 7 nitrogen and oxygen atoms in total. The lowest BCUT2D eigenvalue weighted by molar-refractivity contribution is -0.114. The molecule has 0 radical (unpaired) electrons. The van der Waals surface area contributed by atoms with E-state index in [9.17, 15) is 13.2 Å². The number of benzene rings is 1. The highest BCUT2D eigenvalue weighted by atomic mass is 79.9. The van der Waals surface area contributed by atoms with Crippen molar-refractivity contribution in [3.8, 4) is 5.88 Å². The normalized spacial score (nSPS) is 17.8. The van der Waals surface area contributed by atoms with E-state index in [2.05, 4.69) is 26.2 Å². The molecule has 138 valence electrons. The predicted octanol–water partition coefficient (Wildman–Crippen LogP) is 2.64. The Hall–Kier alpha value is -1.97. The largest absolute Gasteiger partial charge is 0.472 e. The van der Waals surface area contributed by atoms with Crippen molar-refractivity contribution in [2.75, 3.05) is 18.4 Å². The number of pyridine rings is 1. The zero-order valence-corrected chi connectivity index (χ0v) is 16.5. The smallest absolute Gasteiger partial charge is 0.243 e. The summed E-state index contributed by atoms with van der Waals surface area (Å²) in [4.78, 5) is 15.4. The lowest BCUT2D eigenvalue weighted by Gasteiger charge is -2.17. The molecule has 1 aliphatic rings. The number of rotatable bonds is 5. The van der Waals surface area contributed by atoms with E-state index in [-0.39, 0.29) is 23.5 Å². The number of ether oxygens (including phenoxy) is 1. The van der Waals surface area contributed by atoms with Crippen LogP contribution in [0.25, 0.3) is 0 Å². The molecule has 1 N–H and O–H groups in total. The van der Waals surface area contributed by atoms with Crippen LogP contribution in [0.2, 0.25) is 0 Å². The summed E-state index contributed by atoms with van der Waals surface area (Å²) in [6, 6.07) is 9.73. The second kappa shape index (κ2) is 7.73. The monoisotopic (exact) mass is 439 g/mol. The molecule has 0 spiro atoms. The van der Waals surface area contributed by atoms with Gasteiger partial charge in [0.1, 0.15) is 6.10 Å². The first-order valence-corrected chi connectivity index (χ1v) is 10.2. The van der Waals surface area contributed by atoms with Crippen molar-refractivity contribution in [2.45, 2.75) is 24.3 Å². The number of sulfonamides is 1. The molecule has 0 bridgehead atoms. The topological polar surface area (TPSA) is 88.6 Å². The van der Waals surface area contributed by atoms with Crippen LogP contribution < -0.4 is 10.1 Å². The molecule has 9 heteroatoms. The van der Waals surface area contributed by atoms with Gasteiger partial charge >= 0.3 is 0 Å². The summed E-state index contributed by atoms with van der Waals surface area (Å²) in [5, 5.41) is 2.61. The Morgan fingerprint density at radius 3 is 2.69 bits per heavy atom. The number of nitrogens with one attached hydrogen (secondary N) is 1. The average Bonchev–Trinajstić information content (AvgIpc) is 3.06. The fourth-order valence-corrected chi connectivity index (χ4v) is 4.53. The van der Waals surface area contributed by atoms with Gasteiger partial charge in [-0.1, -0.05) is 0 Å². The molecule has 2 heterocycles. The predicted molar refractivity (Wildman–Crippen MR) is 100 cm³/mol. The molecule has 1 aliphatic heterocycles. The van der Waals surface area contributed by atoms with Crippen LogP contribution in [0.15, 0.2) is 52.0 Å². The molecule has 1 atom stereocenters. The molecule has 1 unspecified atom stereocenters. The molecule has 1 aromatic carbocycles. The van der Waals surface area contributed by atoms with Gasteiger partial charge in [-0.2, -0.15) is 4.31 Å². The third kappa shape index (κ3) is 4.22. The van der Waals surface area contributed by atoms with Crippen molar-refractivity contribution < 1.29 is 17.9 Å². The zero-order chi connectivity index (χ0) is 18.7. The summed E-state index contributed by atoms with van der Waals surface area (Å²) in [7, 11) is -3.61. The number of carbonyl (C=O) groups excluding carboxylic acids is 1. The van der Waals surface area contributed by atoms with Crippen LogP contribution in [-0.4, -0.2) is 42.8 Å². The molecule has 0 aliphatic carbocycles. The van der Waals surface area contributed by atoms with Crippen LogP contribution in [0.1, 0.15) is 13.3 Å². The number of halogens is 1. The quantitative estimate of drug-likeness (QED) is 0.773. The van der Waals surface area contributed by atoms with Crippen molar-refractivity contribution in [3.63, 3.8) is 0 Å². The van der Waals surface area contributed by atoms with Crippen molar-refractivity contribution >= 4 is 37.5 Å². The highest BCUT2D eigenvalue weighted by molar-refractivity contribution is 9.10. The molecule has 3 rings (SSSR count). The standard InChI is InChI=1S/C17H18BrN3O4S/c1-12(22)20-13-4-6-15(7-5-13)26(23,24)21-10-8-14(11-21)25-17-16(18)3-2-9-19-17/h2-7,9,14H,8,10-11H2,1H3,(H,20,22). The van der Waals surface area contributed by atoms with E-state index in [1.54, 1.807) is 24.4 Å². The summed E-state index contributed by atoms with van der Waals surface area (Å²) in [5.74, 6) is 0.247. The first kappa shape index (κ1) is 18.8. The maximum Gasteiger partial charge on any atom is 0.243 e. The molecular weight excluding hydrogens is 422 g/mol. The van der Waals surface area contributed by atoms with Crippen molar-refractivity contribution in [3.05, 3.63) is 47.1 Å². The Bertz CT molecular complexity index is 902. The molecule has 26 heavy (non-hydrogen) atoms. The number of hydrogen-bond donors (Lipinski definition) is 1. The minimum absolute atomic E-state index is 0.186. The molecule has 1 fully saturated rings. The second-order valence-electron chi connectivity index (χ2n) is 5.89. The Balaban J connectivity index is 1.69. The van der Waals surface area contributed by atoms with Gasteiger partial charge in [0, 0.05) is 25.4 Å². The lowest BCUT2D eigenvalue weighted by atomic mass is 10.3. The summed E-state index contributed by atoms with van der Waals surface area (Å²) in [5.41, 5.74) is 0.555. The van der Waals surface area contributed by atoms with Crippen molar-refractivity contribution in [2.24, 2.45) is 0 Å². The Morgan fingerprint density at radius 2 is 2.04 bits per heavy atom. The maximum absolute atomic E-state index is 12.8. The molecular formula is C17H18BrN3O4S. The van der Waals surface area contributed by atoms with Gasteiger partial charge in [0.15, 0.2) is 0 Å². The number of hydrogen-bond acceptors (Lipinski definition) is 5. The fraction of sp³-hybridized carbons (Fsp3) is 0.294. The highest BCUT2D eigenvalue weighted by Gasteiger charge is 2.34. The summed E-state index contributed by atoms with van der Waals surface area (Å²) in [6.45, 7) is 2.04. The number of carbonyl (C=O) groups is 1. The van der Waals surface area contributed by atoms with E-state index in [4.69, 9.17) is 4.74 Å². The third-order valence-corrected chi connectivity index (χ3v) is 6.41. The van der Waals surface area contributed by atoms with Crippen LogP contribution in [0.5, 0.6) is 5.88 Å². The van der Waals surface area contributed by atoms with E-state index < -0.39 is 10.0 Å². The highest BCUT2D eigenvalue weighted by Crippen LogP contribution is 2.27. The van der Waals surface area contributed by atoms with Crippen LogP contribution in [-0.2, 0) is 14.8 Å². The molecule has 2 aromatic rings. The van der Waals surface area contributed by atoms with Gasteiger partial charge in [0.05, 0.1) is 15.9 Å². The summed E-state index contributed by atoms with van der Waals surface area (Å²) >= 11 is 3.37. The Labute approximate surface area is 160 Å². The maximum atomic E-state index is 12.8. The van der Waals surface area contributed by atoms with Gasteiger partial charge in [-0.05, 0) is 58.7 Å². The Kier molecular flexibility index (Phi) is 5.59. The van der Waals surface area contributed by atoms with Crippen LogP contribution in [0.3, 0.4) is 0 Å². The van der Waals surface area contributed by atoms with Gasteiger partial charge in [0.2, 0.25) is 21.8 Å². The summed E-state index contributed by atoms with van der Waals surface area (Å²) < 4.78 is 33.5. The van der Waals surface area contributed by atoms with Gasteiger partial charge in [0.25, 0.3) is 0 Å². The zero-order valence-electron chi connectivity index (χ0n) is 14.1. The van der Waals surface area contributed by atoms with Crippen LogP contribution >= 0.6 is 15.9 Å². The van der Waals surface area contributed by atoms with E-state index in [0.29, 0.717) is 24.5 Å². The molecule has 0 saturated carbocycles. The van der Waals surface area contributed by atoms with E-state index in [0.717, 1.165) is 4.47 Å². The lowest BCUT2D eigenvalue weighted by Crippen LogP contribution is -2.31. The van der Waals surface area contributed by atoms with Crippen molar-refractivity contribution in [1.82, 2.24) is 9.29 Å². The first-order chi connectivity index (χ1) is 12.4. The third-order valence-electron chi connectivity index (χ3n) is 3.92.